The third-order valence-electron chi connectivity index (χ3n) is 2.97. The molecule has 0 heterocycles. The molecule has 1 rings (SSSR count). The number of sulfonamides is 1. The number of rotatable bonds is 7. The molecule has 1 aromatic carbocycles. The Bertz CT molecular complexity index is 669. The van der Waals surface area contributed by atoms with Crippen molar-refractivity contribution in [2.75, 3.05) is 30.7 Å². The lowest BCUT2D eigenvalue weighted by molar-refractivity contribution is 0.104. The molecule has 0 aromatic heterocycles. The fourth-order valence-corrected chi connectivity index (χ4v) is 3.93. The van der Waals surface area contributed by atoms with Crippen molar-refractivity contribution in [3.8, 4) is 0 Å². The van der Waals surface area contributed by atoms with Gasteiger partial charge in [-0.25, -0.2) is 8.42 Å². The number of hydrogen-bond acceptors (Lipinski definition) is 4. The second-order valence-corrected chi connectivity index (χ2v) is 8.23. The second-order valence-electron chi connectivity index (χ2n) is 4.89. The molecule has 0 radical (unpaired) electrons. The lowest BCUT2D eigenvalue weighted by Gasteiger charge is -2.22. The second kappa shape index (κ2) is 7.96. The third kappa shape index (κ3) is 4.70. The molecule has 0 fully saturated rings. The molecule has 0 saturated heterocycles. The van der Waals surface area contributed by atoms with Crippen LogP contribution in [0.5, 0.6) is 0 Å². The Hall–Kier alpha value is -1.09. The highest BCUT2D eigenvalue weighted by atomic mass is 127. The van der Waals surface area contributed by atoms with Crippen LogP contribution in [0.15, 0.2) is 34.0 Å². The molecule has 0 amide bonds. The Labute approximate surface area is 146 Å². The van der Waals surface area contributed by atoms with E-state index in [-0.39, 0.29) is 11.5 Å². The first-order chi connectivity index (χ1) is 10.2. The first-order valence-electron chi connectivity index (χ1n) is 6.91. The summed E-state index contributed by atoms with van der Waals surface area (Å²) in [5.74, 6) is -0.0991. The zero-order chi connectivity index (χ0) is 16.9. The van der Waals surface area contributed by atoms with E-state index in [1.807, 2.05) is 36.7 Å². The summed E-state index contributed by atoms with van der Waals surface area (Å²) in [4.78, 5) is 14.2. The summed E-state index contributed by atoms with van der Waals surface area (Å²) in [6, 6.07) is 6.73. The van der Waals surface area contributed by atoms with Gasteiger partial charge < -0.3 is 4.90 Å². The van der Waals surface area contributed by atoms with Crippen molar-refractivity contribution in [1.29, 1.82) is 0 Å². The van der Waals surface area contributed by atoms with E-state index >= 15 is 0 Å². The lowest BCUT2D eigenvalue weighted by Crippen LogP contribution is -2.32. The maximum absolute atomic E-state index is 12.4. The molecule has 0 N–H and O–H groups in total. The molecule has 122 valence electrons. The van der Waals surface area contributed by atoms with Crippen molar-refractivity contribution < 1.29 is 13.2 Å². The van der Waals surface area contributed by atoms with Crippen molar-refractivity contribution in [2.45, 2.75) is 13.8 Å². The Morgan fingerprint density at radius 1 is 1.27 bits per heavy atom. The van der Waals surface area contributed by atoms with Gasteiger partial charge in [-0.05, 0) is 48.6 Å². The molecular formula is C15H21IN2O3S. The first-order valence-corrected chi connectivity index (χ1v) is 9.60. The zero-order valence-electron chi connectivity index (χ0n) is 13.2. The SMILES string of the molecule is CCN(c1cccc(C(=O)C(I)=CN(C)C)c1)S(=O)(=O)CC. The molecule has 1 aromatic rings. The smallest absolute Gasteiger partial charge is 0.234 e. The third-order valence-corrected chi connectivity index (χ3v) is 5.61. The van der Waals surface area contributed by atoms with E-state index in [9.17, 15) is 13.2 Å². The van der Waals surface area contributed by atoms with Crippen LogP contribution in [-0.2, 0) is 10.0 Å². The van der Waals surface area contributed by atoms with Crippen molar-refractivity contribution in [3.63, 3.8) is 0 Å². The highest BCUT2D eigenvalue weighted by Crippen LogP contribution is 2.23. The summed E-state index contributed by atoms with van der Waals surface area (Å²) in [6.45, 7) is 3.71. The maximum Gasteiger partial charge on any atom is 0.234 e. The van der Waals surface area contributed by atoms with Crippen molar-refractivity contribution >= 4 is 44.1 Å². The molecule has 0 aliphatic rings. The fourth-order valence-electron chi connectivity index (χ4n) is 1.92. The maximum atomic E-state index is 12.4. The Kier molecular flexibility index (Phi) is 6.86. The molecule has 0 saturated carbocycles. The molecule has 5 nitrogen and oxygen atoms in total. The van der Waals surface area contributed by atoms with Gasteiger partial charge in [-0.15, -0.1) is 0 Å². The number of benzene rings is 1. The molecule has 0 spiro atoms. The summed E-state index contributed by atoms with van der Waals surface area (Å²) < 4.78 is 26.1. The normalized spacial score (nSPS) is 12.1. The predicted molar refractivity (Wildman–Crippen MR) is 99.0 cm³/mol. The number of ketones is 1. The molecule has 22 heavy (non-hydrogen) atoms. The van der Waals surface area contributed by atoms with E-state index in [2.05, 4.69) is 0 Å². The van der Waals surface area contributed by atoms with E-state index in [1.54, 1.807) is 49.2 Å². The number of allylic oxidation sites excluding steroid dienone is 1. The summed E-state index contributed by atoms with van der Waals surface area (Å²) in [7, 11) is 0.337. The number of anilines is 1. The zero-order valence-corrected chi connectivity index (χ0v) is 16.2. The average molecular weight is 436 g/mol. The Balaban J connectivity index is 3.22. The predicted octanol–water partition coefficient (Wildman–Crippen LogP) is 2.88. The van der Waals surface area contributed by atoms with Gasteiger partial charge >= 0.3 is 0 Å². The van der Waals surface area contributed by atoms with Crippen molar-refractivity contribution in [2.24, 2.45) is 0 Å². The molecule has 0 aliphatic heterocycles. The fraction of sp³-hybridized carbons (Fsp3) is 0.400. The van der Waals surface area contributed by atoms with Crippen LogP contribution in [0.25, 0.3) is 0 Å². The van der Waals surface area contributed by atoms with E-state index < -0.39 is 10.0 Å². The number of halogens is 1. The van der Waals surface area contributed by atoms with Crippen LogP contribution < -0.4 is 4.31 Å². The van der Waals surface area contributed by atoms with Crippen LogP contribution in [0.1, 0.15) is 24.2 Å². The van der Waals surface area contributed by atoms with E-state index in [0.29, 0.717) is 21.4 Å². The molecule has 0 atom stereocenters. The van der Waals surface area contributed by atoms with Gasteiger partial charge in [0.25, 0.3) is 0 Å². The van der Waals surface area contributed by atoms with Gasteiger partial charge in [0.15, 0.2) is 0 Å². The highest BCUT2D eigenvalue weighted by Gasteiger charge is 2.20. The molecule has 7 heteroatoms. The number of hydrogen-bond donors (Lipinski definition) is 0. The van der Waals surface area contributed by atoms with E-state index in [1.165, 1.54) is 4.31 Å². The van der Waals surface area contributed by atoms with Crippen LogP contribution in [0.4, 0.5) is 5.69 Å². The van der Waals surface area contributed by atoms with Crippen molar-refractivity contribution in [3.05, 3.63) is 39.6 Å². The number of nitrogens with zero attached hydrogens (tertiary/aromatic N) is 2. The van der Waals surface area contributed by atoms with Crippen LogP contribution in [0.3, 0.4) is 0 Å². The highest BCUT2D eigenvalue weighted by molar-refractivity contribution is 14.1. The summed E-state index contributed by atoms with van der Waals surface area (Å²) in [6.07, 6.45) is 1.73. The molecule has 0 unspecified atom stereocenters. The van der Waals surface area contributed by atoms with Crippen LogP contribution in [0, 0.1) is 0 Å². The number of Topliss-reactive ketones (excluding diaryl/α,β-unsaturated/α-hetero) is 1. The lowest BCUT2D eigenvalue weighted by atomic mass is 10.1. The Morgan fingerprint density at radius 2 is 1.91 bits per heavy atom. The minimum absolute atomic E-state index is 0.0249. The average Bonchev–Trinajstić information content (AvgIpc) is 2.46. The first kappa shape index (κ1) is 19.0. The largest absolute Gasteiger partial charge is 0.383 e. The van der Waals surface area contributed by atoms with Crippen LogP contribution in [0.2, 0.25) is 0 Å². The van der Waals surface area contributed by atoms with Gasteiger partial charge in [0.2, 0.25) is 15.8 Å². The minimum Gasteiger partial charge on any atom is -0.383 e. The van der Waals surface area contributed by atoms with E-state index in [0.717, 1.165) is 0 Å². The monoisotopic (exact) mass is 436 g/mol. The summed E-state index contributed by atoms with van der Waals surface area (Å²) in [5, 5.41) is 0. The quantitative estimate of drug-likeness (QED) is 0.375. The standard InChI is InChI=1S/C15H21IN2O3S/c1-5-18(22(20,21)6-2)13-9-7-8-12(10-13)15(19)14(16)11-17(3)4/h7-11H,5-6H2,1-4H3. The summed E-state index contributed by atoms with van der Waals surface area (Å²) >= 11 is 1.99. The topological polar surface area (TPSA) is 57.7 Å². The number of carbonyl (C=O) groups is 1. The minimum atomic E-state index is -3.35. The molecule has 0 bridgehead atoms. The van der Waals surface area contributed by atoms with Gasteiger partial charge in [-0.2, -0.15) is 0 Å². The van der Waals surface area contributed by atoms with Gasteiger partial charge in [-0.1, -0.05) is 12.1 Å². The Morgan fingerprint density at radius 3 is 2.41 bits per heavy atom. The van der Waals surface area contributed by atoms with Crippen LogP contribution in [-0.4, -0.2) is 45.5 Å². The van der Waals surface area contributed by atoms with Crippen molar-refractivity contribution in [1.82, 2.24) is 4.90 Å². The van der Waals surface area contributed by atoms with Gasteiger partial charge in [0.1, 0.15) is 0 Å². The number of carbonyl (C=O) groups excluding carboxylic acids is 1. The van der Waals surface area contributed by atoms with Crippen LogP contribution >= 0.6 is 22.6 Å². The molecule has 0 aliphatic carbocycles. The van der Waals surface area contributed by atoms with E-state index in [4.69, 9.17) is 0 Å². The molecular weight excluding hydrogens is 415 g/mol. The van der Waals surface area contributed by atoms with Gasteiger partial charge in [0, 0.05) is 32.4 Å². The summed E-state index contributed by atoms with van der Waals surface area (Å²) in [5.41, 5.74) is 0.994. The van der Waals surface area contributed by atoms with Gasteiger partial charge in [-0.3, -0.25) is 9.10 Å². The van der Waals surface area contributed by atoms with Gasteiger partial charge in [0.05, 0.1) is 15.0 Å².